The van der Waals surface area contributed by atoms with Gasteiger partial charge in [0.05, 0.1) is 4.90 Å². The minimum absolute atomic E-state index is 0.0728. The molecule has 0 bridgehead atoms. The fourth-order valence-electron chi connectivity index (χ4n) is 3.10. The smallest absolute Gasteiger partial charge is 0.240 e. The topological polar surface area (TPSA) is 97.8 Å². The van der Waals surface area contributed by atoms with Gasteiger partial charge in [-0.1, -0.05) is 6.42 Å². The van der Waals surface area contributed by atoms with Crippen molar-refractivity contribution in [2.45, 2.75) is 37.1 Å². The summed E-state index contributed by atoms with van der Waals surface area (Å²) in [6.45, 7) is 1.73. The van der Waals surface area contributed by atoms with Crippen LogP contribution in [0, 0.1) is 0 Å². The molecular weight excluding hydrogens is 406 g/mol. The maximum Gasteiger partial charge on any atom is 0.240 e. The lowest BCUT2D eigenvalue weighted by molar-refractivity contribution is -0.130. The van der Waals surface area contributed by atoms with Gasteiger partial charge >= 0.3 is 0 Å². The van der Waals surface area contributed by atoms with Crippen molar-refractivity contribution in [3.63, 3.8) is 0 Å². The Morgan fingerprint density at radius 2 is 1.80 bits per heavy atom. The van der Waals surface area contributed by atoms with E-state index in [9.17, 15) is 13.2 Å². The quantitative estimate of drug-likeness (QED) is 0.578. The van der Waals surface area contributed by atoms with Gasteiger partial charge in [0, 0.05) is 45.0 Å². The Balaban J connectivity index is 1.36. The number of nitrogens with zero attached hydrogens (tertiary/aromatic N) is 2. The van der Waals surface area contributed by atoms with Crippen LogP contribution in [0.5, 0.6) is 11.5 Å². The number of amides is 1. The van der Waals surface area contributed by atoms with E-state index in [1.165, 1.54) is 12.1 Å². The van der Waals surface area contributed by atoms with Crippen molar-refractivity contribution in [3.8, 4) is 11.5 Å². The van der Waals surface area contributed by atoms with Gasteiger partial charge in [-0.2, -0.15) is 0 Å². The second kappa shape index (κ2) is 10.4. The summed E-state index contributed by atoms with van der Waals surface area (Å²) in [5.74, 6) is 1.07. The molecule has 162 valence electrons. The number of sulfonamides is 1. The standard InChI is InChI=1S/C21H27N3O5S/c1-24(16-17-8-11-22-12-9-17)21(25)5-3-2-4-10-23-30(26,27)18-6-7-19-20(15-18)29-14-13-28-19/h6-9,11-12,15,23H,2-5,10,13-14,16H2,1H3. The molecule has 1 aliphatic heterocycles. The molecule has 0 radical (unpaired) electrons. The maximum atomic E-state index is 12.4. The molecule has 0 unspecified atom stereocenters. The molecule has 1 N–H and O–H groups in total. The molecular formula is C21H27N3O5S. The first-order valence-corrected chi connectivity index (χ1v) is 11.5. The number of fused-ring (bicyclic) bond motifs is 1. The molecule has 1 amide bonds. The van der Waals surface area contributed by atoms with Gasteiger partial charge in [0.15, 0.2) is 11.5 Å². The molecule has 2 aromatic rings. The number of carbonyl (C=O) groups is 1. The van der Waals surface area contributed by atoms with E-state index in [1.54, 1.807) is 30.4 Å². The lowest BCUT2D eigenvalue weighted by atomic mass is 10.1. The predicted molar refractivity (Wildman–Crippen MR) is 112 cm³/mol. The number of hydrogen-bond donors (Lipinski definition) is 1. The van der Waals surface area contributed by atoms with Crippen LogP contribution >= 0.6 is 0 Å². The Morgan fingerprint density at radius 3 is 2.57 bits per heavy atom. The molecule has 1 aromatic carbocycles. The van der Waals surface area contributed by atoms with Gasteiger partial charge in [-0.3, -0.25) is 9.78 Å². The molecule has 0 aliphatic carbocycles. The van der Waals surface area contributed by atoms with Crippen molar-refractivity contribution in [3.05, 3.63) is 48.3 Å². The number of aromatic nitrogens is 1. The summed E-state index contributed by atoms with van der Waals surface area (Å²) >= 11 is 0. The van der Waals surface area contributed by atoms with Crippen molar-refractivity contribution >= 4 is 15.9 Å². The Morgan fingerprint density at radius 1 is 1.07 bits per heavy atom. The lowest BCUT2D eigenvalue weighted by Crippen LogP contribution is -2.26. The number of benzene rings is 1. The summed E-state index contributed by atoms with van der Waals surface area (Å²) in [5, 5.41) is 0. The summed E-state index contributed by atoms with van der Waals surface area (Å²) < 4.78 is 38.3. The molecule has 0 spiro atoms. The zero-order valence-corrected chi connectivity index (χ0v) is 17.9. The average Bonchev–Trinajstić information content (AvgIpc) is 2.76. The monoisotopic (exact) mass is 433 g/mol. The van der Waals surface area contributed by atoms with E-state index in [1.807, 2.05) is 12.1 Å². The van der Waals surface area contributed by atoms with Gasteiger partial charge in [0.2, 0.25) is 15.9 Å². The van der Waals surface area contributed by atoms with Crippen LogP contribution in [0.25, 0.3) is 0 Å². The highest BCUT2D eigenvalue weighted by Gasteiger charge is 2.19. The van der Waals surface area contributed by atoms with Crippen molar-refractivity contribution in [2.75, 3.05) is 26.8 Å². The van der Waals surface area contributed by atoms with E-state index in [-0.39, 0.29) is 10.8 Å². The predicted octanol–water partition coefficient (Wildman–Crippen LogP) is 2.35. The number of hydrogen-bond acceptors (Lipinski definition) is 6. The van der Waals surface area contributed by atoms with Crippen molar-refractivity contribution < 1.29 is 22.7 Å². The van der Waals surface area contributed by atoms with E-state index in [0.717, 1.165) is 12.0 Å². The molecule has 1 aliphatic rings. The summed E-state index contributed by atoms with van der Waals surface area (Å²) in [6, 6.07) is 8.37. The molecule has 0 saturated carbocycles. The largest absolute Gasteiger partial charge is 0.486 e. The van der Waals surface area contributed by atoms with Crippen LogP contribution in [-0.4, -0.2) is 51.0 Å². The van der Waals surface area contributed by atoms with Crippen LogP contribution in [0.1, 0.15) is 31.2 Å². The van der Waals surface area contributed by atoms with Crippen LogP contribution in [0.2, 0.25) is 0 Å². The highest BCUT2D eigenvalue weighted by Crippen LogP contribution is 2.32. The Labute approximate surface area is 177 Å². The van der Waals surface area contributed by atoms with Gasteiger partial charge in [-0.15, -0.1) is 0 Å². The van der Waals surface area contributed by atoms with E-state index in [2.05, 4.69) is 9.71 Å². The fraction of sp³-hybridized carbons (Fsp3) is 0.429. The van der Waals surface area contributed by atoms with E-state index in [0.29, 0.717) is 57.1 Å². The van der Waals surface area contributed by atoms with Gasteiger partial charge in [0.25, 0.3) is 0 Å². The maximum absolute atomic E-state index is 12.4. The van der Waals surface area contributed by atoms with Gasteiger partial charge in [-0.25, -0.2) is 13.1 Å². The summed E-state index contributed by atoms with van der Waals surface area (Å²) in [4.78, 5) is 18.0. The van der Waals surface area contributed by atoms with E-state index < -0.39 is 10.0 Å². The average molecular weight is 434 g/mol. The van der Waals surface area contributed by atoms with E-state index in [4.69, 9.17) is 9.47 Å². The highest BCUT2D eigenvalue weighted by molar-refractivity contribution is 7.89. The highest BCUT2D eigenvalue weighted by atomic mass is 32.2. The summed E-state index contributed by atoms with van der Waals surface area (Å²) in [6.07, 6.45) is 5.99. The molecule has 8 nitrogen and oxygen atoms in total. The van der Waals surface area contributed by atoms with Gasteiger partial charge in [-0.05, 0) is 42.7 Å². The second-order valence-corrected chi connectivity index (χ2v) is 8.89. The van der Waals surface area contributed by atoms with Crippen LogP contribution < -0.4 is 14.2 Å². The molecule has 0 fully saturated rings. The van der Waals surface area contributed by atoms with Gasteiger partial charge < -0.3 is 14.4 Å². The van der Waals surface area contributed by atoms with Crippen LogP contribution in [0.15, 0.2) is 47.6 Å². The Hall–Kier alpha value is -2.65. The van der Waals surface area contributed by atoms with Crippen molar-refractivity contribution in [1.82, 2.24) is 14.6 Å². The second-order valence-electron chi connectivity index (χ2n) is 7.12. The first-order chi connectivity index (χ1) is 14.5. The summed E-state index contributed by atoms with van der Waals surface area (Å²) in [5.41, 5.74) is 1.04. The molecule has 9 heteroatoms. The van der Waals surface area contributed by atoms with Crippen LogP contribution in [-0.2, 0) is 21.4 Å². The minimum atomic E-state index is -3.61. The molecule has 3 rings (SSSR count). The molecule has 30 heavy (non-hydrogen) atoms. The number of unbranched alkanes of at least 4 members (excludes halogenated alkanes) is 2. The first kappa shape index (κ1) is 22.0. The number of carbonyl (C=O) groups excluding carboxylic acids is 1. The van der Waals surface area contributed by atoms with Crippen molar-refractivity contribution in [2.24, 2.45) is 0 Å². The zero-order chi connectivity index (χ0) is 21.4. The third kappa shape index (κ3) is 6.17. The lowest BCUT2D eigenvalue weighted by Gasteiger charge is -2.19. The normalized spacial score (nSPS) is 13.1. The summed E-state index contributed by atoms with van der Waals surface area (Å²) in [7, 11) is -1.83. The SMILES string of the molecule is CN(Cc1ccncc1)C(=O)CCCCCNS(=O)(=O)c1ccc2c(c1)OCCO2. The third-order valence-corrected chi connectivity index (χ3v) is 6.24. The van der Waals surface area contributed by atoms with Gasteiger partial charge in [0.1, 0.15) is 13.2 Å². The molecule has 2 heterocycles. The van der Waals surface area contributed by atoms with Crippen LogP contribution in [0.3, 0.4) is 0 Å². The number of ether oxygens (including phenoxy) is 2. The Kier molecular flexibility index (Phi) is 7.64. The molecule has 0 atom stereocenters. The number of pyridine rings is 1. The zero-order valence-electron chi connectivity index (χ0n) is 17.0. The first-order valence-electron chi connectivity index (χ1n) is 9.98. The molecule has 0 saturated heterocycles. The van der Waals surface area contributed by atoms with E-state index >= 15 is 0 Å². The molecule has 1 aromatic heterocycles. The third-order valence-electron chi connectivity index (χ3n) is 4.78. The number of rotatable bonds is 10. The fourth-order valence-corrected chi connectivity index (χ4v) is 4.19. The Bertz CT molecular complexity index is 950. The number of nitrogens with one attached hydrogen (secondary N) is 1. The van der Waals surface area contributed by atoms with Crippen molar-refractivity contribution in [1.29, 1.82) is 0 Å². The van der Waals surface area contributed by atoms with Crippen LogP contribution in [0.4, 0.5) is 0 Å². The minimum Gasteiger partial charge on any atom is -0.486 e.